The third-order valence-corrected chi connectivity index (χ3v) is 5.47. The number of alkyl halides is 2. The van der Waals surface area contributed by atoms with E-state index < -0.39 is 12.2 Å². The summed E-state index contributed by atoms with van der Waals surface area (Å²) in [6.45, 7) is 0.0722. The number of hydrogen-bond donors (Lipinski definition) is 1. The number of nitrogens with zero attached hydrogens (tertiary/aromatic N) is 5. The van der Waals surface area contributed by atoms with Gasteiger partial charge in [0.15, 0.2) is 14.4 Å². The lowest BCUT2D eigenvalue weighted by Gasteiger charge is -2.28. The number of aliphatic hydroxyl groups is 1. The van der Waals surface area contributed by atoms with E-state index in [0.717, 1.165) is 0 Å². The Hall–Kier alpha value is -1.25. The van der Waals surface area contributed by atoms with Gasteiger partial charge in [-0.2, -0.15) is 23.5 Å². The van der Waals surface area contributed by atoms with E-state index in [0.29, 0.717) is 37.9 Å². The molecule has 3 aromatic heterocycles. The first-order valence-corrected chi connectivity index (χ1v) is 10.4. The van der Waals surface area contributed by atoms with Gasteiger partial charge in [-0.1, -0.05) is 11.8 Å². The van der Waals surface area contributed by atoms with Gasteiger partial charge in [-0.25, -0.2) is 4.98 Å². The largest absolute Gasteiger partial charge is 0.433 e. The fourth-order valence-corrected chi connectivity index (χ4v) is 4.09. The summed E-state index contributed by atoms with van der Waals surface area (Å²) in [4.78, 5) is 10.7. The van der Waals surface area contributed by atoms with Gasteiger partial charge >= 0.3 is 6.55 Å². The van der Waals surface area contributed by atoms with E-state index in [9.17, 15) is 13.9 Å². The molecule has 0 saturated carbocycles. The summed E-state index contributed by atoms with van der Waals surface area (Å²) >= 11 is 3.18. The number of thioether (sulfide) groups is 1. The highest BCUT2D eigenvalue weighted by Gasteiger charge is 2.32. The van der Waals surface area contributed by atoms with Crippen LogP contribution in [0.25, 0.3) is 22.2 Å². The number of β-amino-alcohol motifs (C(OH)–C–C–N with tert-alkyl or cyclic N) is 1. The summed E-state index contributed by atoms with van der Waals surface area (Å²) in [5.41, 5.74) is -0.490. The van der Waals surface area contributed by atoms with Crippen LogP contribution in [-0.4, -0.2) is 63.0 Å². The van der Waals surface area contributed by atoms with Gasteiger partial charge in [-0.3, -0.25) is 0 Å². The van der Waals surface area contributed by atoms with Crippen LogP contribution in [-0.2, 0) is 4.74 Å². The number of fused-ring (bicyclic) bond motifs is 3. The van der Waals surface area contributed by atoms with E-state index in [1.165, 1.54) is 11.8 Å². The average Bonchev–Trinajstić information content (AvgIpc) is 3.07. The summed E-state index contributed by atoms with van der Waals surface area (Å²) in [7, 11) is 0. The molecule has 0 radical (unpaired) electrons. The van der Waals surface area contributed by atoms with Crippen molar-refractivity contribution in [2.45, 2.75) is 24.2 Å². The molecule has 146 valence electrons. The Balaban J connectivity index is 2.01. The zero-order valence-electron chi connectivity index (χ0n) is 14.4. The summed E-state index contributed by atoms with van der Waals surface area (Å²) in [5.74, 6) is 0.423. The number of rotatable bonds is 3. The van der Waals surface area contributed by atoms with Crippen molar-refractivity contribution < 1.29 is 23.0 Å². The maximum absolute atomic E-state index is 13.6. The molecule has 0 unspecified atom stereocenters. The number of anilines is 1. The molecule has 1 aliphatic heterocycles. The molecule has 1 atom stereocenters. The maximum Gasteiger partial charge on any atom is 0.333 e. The minimum Gasteiger partial charge on any atom is -0.433 e. The molecule has 1 aliphatic rings. The van der Waals surface area contributed by atoms with Crippen molar-refractivity contribution in [1.82, 2.24) is 19.7 Å². The first-order chi connectivity index (χ1) is 12.8. The zero-order valence-corrected chi connectivity index (χ0v) is 17.4. The molecule has 1 N–H and O–H groups in total. The van der Waals surface area contributed by atoms with Gasteiger partial charge in [0.2, 0.25) is 5.71 Å². The highest BCUT2D eigenvalue weighted by molar-refractivity contribution is 14.1. The number of halogens is 3. The lowest BCUT2D eigenvalue weighted by atomic mass is 10.1. The lowest BCUT2D eigenvalue weighted by Crippen LogP contribution is -2.42. The molecule has 4 rings (SSSR count). The fourth-order valence-electron chi connectivity index (χ4n) is 3.14. The SMILES string of the molecule is CSc1nc(N2CCOC[C@@](C)(O)C2)c2c(n1)oc1c(I)nn(C(F)F)c12. The van der Waals surface area contributed by atoms with Crippen LogP contribution in [0, 0.1) is 3.70 Å². The predicted octanol–water partition coefficient (Wildman–Crippen LogP) is 2.88. The Morgan fingerprint density at radius 3 is 2.85 bits per heavy atom. The monoisotopic (exact) mass is 511 g/mol. The van der Waals surface area contributed by atoms with Crippen LogP contribution < -0.4 is 4.90 Å². The van der Waals surface area contributed by atoms with Crippen LogP contribution in [0.4, 0.5) is 14.6 Å². The smallest absolute Gasteiger partial charge is 0.333 e. The van der Waals surface area contributed by atoms with Crippen molar-refractivity contribution in [3.05, 3.63) is 3.70 Å². The molecule has 12 heteroatoms. The second-order valence-corrected chi connectivity index (χ2v) is 8.27. The maximum atomic E-state index is 13.6. The van der Waals surface area contributed by atoms with Crippen LogP contribution in [0.2, 0.25) is 0 Å². The molecule has 0 amide bonds. The topological polar surface area (TPSA) is 89.4 Å². The van der Waals surface area contributed by atoms with Gasteiger partial charge in [0.25, 0.3) is 0 Å². The second kappa shape index (κ2) is 6.97. The Morgan fingerprint density at radius 1 is 1.37 bits per heavy atom. The van der Waals surface area contributed by atoms with Crippen LogP contribution >= 0.6 is 34.4 Å². The van der Waals surface area contributed by atoms with Crippen molar-refractivity contribution in [2.75, 3.05) is 37.5 Å². The Labute approximate surface area is 170 Å². The van der Waals surface area contributed by atoms with Crippen LogP contribution in [0.1, 0.15) is 13.5 Å². The Morgan fingerprint density at radius 2 is 2.15 bits per heavy atom. The van der Waals surface area contributed by atoms with E-state index in [2.05, 4.69) is 15.1 Å². The molecule has 27 heavy (non-hydrogen) atoms. The number of aromatic nitrogens is 4. The molecular formula is C15H16F2IN5O3S. The first kappa shape index (κ1) is 19.1. The highest BCUT2D eigenvalue weighted by Crippen LogP contribution is 2.39. The highest BCUT2D eigenvalue weighted by atomic mass is 127. The third-order valence-electron chi connectivity index (χ3n) is 4.22. The van der Waals surface area contributed by atoms with E-state index in [1.54, 1.807) is 6.92 Å². The molecule has 1 fully saturated rings. The van der Waals surface area contributed by atoms with Gasteiger partial charge < -0.3 is 19.2 Å². The molecule has 0 aliphatic carbocycles. The summed E-state index contributed by atoms with van der Waals surface area (Å²) in [6, 6.07) is 0. The minimum atomic E-state index is -2.83. The molecule has 0 aromatic carbocycles. The van der Waals surface area contributed by atoms with Crippen molar-refractivity contribution in [3.63, 3.8) is 0 Å². The van der Waals surface area contributed by atoms with Gasteiger partial charge in [-0.15, -0.1) is 0 Å². The van der Waals surface area contributed by atoms with Gasteiger partial charge in [-0.05, 0) is 35.8 Å². The lowest BCUT2D eigenvalue weighted by molar-refractivity contribution is -0.0123. The van der Waals surface area contributed by atoms with E-state index in [1.807, 2.05) is 33.7 Å². The predicted molar refractivity (Wildman–Crippen MR) is 105 cm³/mol. The molecular weight excluding hydrogens is 495 g/mol. The van der Waals surface area contributed by atoms with E-state index in [4.69, 9.17) is 9.15 Å². The summed E-state index contributed by atoms with van der Waals surface area (Å²) < 4.78 is 39.3. The zero-order chi connectivity index (χ0) is 19.3. The molecule has 0 spiro atoms. The second-order valence-electron chi connectivity index (χ2n) is 6.48. The van der Waals surface area contributed by atoms with Gasteiger partial charge in [0.05, 0.1) is 19.8 Å². The number of ether oxygens (including phenoxy) is 1. The minimum absolute atomic E-state index is 0.150. The average molecular weight is 511 g/mol. The summed E-state index contributed by atoms with van der Waals surface area (Å²) in [6.07, 6.45) is 1.82. The Bertz CT molecular complexity index is 1010. The molecule has 0 bridgehead atoms. The van der Waals surface area contributed by atoms with Crippen LogP contribution in [0.5, 0.6) is 0 Å². The van der Waals surface area contributed by atoms with E-state index >= 15 is 0 Å². The number of hydrogen-bond acceptors (Lipinski definition) is 8. The van der Waals surface area contributed by atoms with Crippen molar-refractivity contribution >= 4 is 62.4 Å². The standard InChI is InChI=1S/C15H16F2IN5O3S/c1-15(24)5-22(3-4-25-6-15)11-7-8-9(10(18)21-23(8)13(16)17)26-12(7)20-14(19-11)27-2/h13,24H,3-6H2,1-2H3/t15-/m0/s1. The third kappa shape index (κ3) is 3.36. The molecule has 1 saturated heterocycles. The van der Waals surface area contributed by atoms with Crippen molar-refractivity contribution in [2.24, 2.45) is 0 Å². The molecule has 4 heterocycles. The van der Waals surface area contributed by atoms with Crippen molar-refractivity contribution in [3.8, 4) is 0 Å². The van der Waals surface area contributed by atoms with Crippen LogP contribution in [0.3, 0.4) is 0 Å². The van der Waals surface area contributed by atoms with Crippen LogP contribution in [0.15, 0.2) is 9.57 Å². The van der Waals surface area contributed by atoms with Gasteiger partial charge in [0.1, 0.15) is 22.3 Å². The normalized spacial score (nSPS) is 21.5. The van der Waals surface area contributed by atoms with E-state index in [-0.39, 0.29) is 30.0 Å². The molecule has 8 nitrogen and oxygen atoms in total. The quantitative estimate of drug-likeness (QED) is 0.327. The van der Waals surface area contributed by atoms with Crippen molar-refractivity contribution in [1.29, 1.82) is 0 Å². The fraction of sp³-hybridized carbons (Fsp3) is 0.533. The molecule has 3 aromatic rings. The summed E-state index contributed by atoms with van der Waals surface area (Å²) in [5, 5.41) is 15.2. The van der Waals surface area contributed by atoms with Gasteiger partial charge in [0, 0.05) is 6.54 Å². The number of furan rings is 1. The first-order valence-electron chi connectivity index (χ1n) is 8.06. The Kier molecular flexibility index (Phi) is 4.93.